The van der Waals surface area contributed by atoms with Crippen LogP contribution < -0.4 is 5.32 Å². The Hall–Kier alpha value is -2.14. The second-order valence-corrected chi connectivity index (χ2v) is 5.67. The monoisotopic (exact) mass is 299 g/mol. The fraction of sp³-hybridized carbons (Fsp3) is 0.412. The number of imidazole rings is 1. The molecule has 1 saturated heterocycles. The van der Waals surface area contributed by atoms with E-state index in [9.17, 15) is 4.79 Å². The van der Waals surface area contributed by atoms with Crippen LogP contribution in [-0.4, -0.2) is 28.2 Å². The van der Waals surface area contributed by atoms with E-state index in [-0.39, 0.29) is 12.0 Å². The molecule has 0 aliphatic carbocycles. The number of nitrogens with one attached hydrogen (secondary N) is 1. The van der Waals surface area contributed by atoms with E-state index in [4.69, 9.17) is 4.74 Å². The lowest BCUT2D eigenvalue weighted by Crippen LogP contribution is -2.33. The van der Waals surface area contributed by atoms with Crippen LogP contribution in [0.1, 0.15) is 29.8 Å². The van der Waals surface area contributed by atoms with Crippen LogP contribution in [0.15, 0.2) is 30.6 Å². The van der Waals surface area contributed by atoms with Crippen molar-refractivity contribution in [1.29, 1.82) is 0 Å². The largest absolute Gasteiger partial charge is 0.368 e. The van der Waals surface area contributed by atoms with Crippen molar-refractivity contribution < 1.29 is 9.53 Å². The summed E-state index contributed by atoms with van der Waals surface area (Å²) in [7, 11) is 0. The number of rotatable bonds is 4. The average Bonchev–Trinajstić information content (AvgIpc) is 3.17. The molecule has 1 N–H and O–H groups in total. The van der Waals surface area contributed by atoms with Gasteiger partial charge in [0.1, 0.15) is 6.10 Å². The van der Waals surface area contributed by atoms with E-state index in [1.807, 2.05) is 37.5 Å². The van der Waals surface area contributed by atoms with E-state index in [0.717, 1.165) is 35.5 Å². The zero-order valence-corrected chi connectivity index (χ0v) is 13.0. The zero-order chi connectivity index (χ0) is 15.5. The molecule has 0 bridgehead atoms. The van der Waals surface area contributed by atoms with Crippen LogP contribution in [0.3, 0.4) is 0 Å². The van der Waals surface area contributed by atoms with Crippen LogP contribution >= 0.6 is 0 Å². The highest BCUT2D eigenvalue weighted by molar-refractivity contribution is 5.80. The molecule has 0 saturated carbocycles. The molecule has 1 aliphatic heterocycles. The normalized spacial score (nSPS) is 17.6. The quantitative estimate of drug-likeness (QED) is 0.942. The number of benzene rings is 1. The predicted octanol–water partition coefficient (Wildman–Crippen LogP) is 2.28. The first-order valence-electron chi connectivity index (χ1n) is 7.64. The van der Waals surface area contributed by atoms with E-state index in [0.29, 0.717) is 13.2 Å². The van der Waals surface area contributed by atoms with Gasteiger partial charge in [-0.2, -0.15) is 0 Å². The topological polar surface area (TPSA) is 56.2 Å². The first-order valence-corrected chi connectivity index (χ1v) is 7.64. The minimum atomic E-state index is -0.268. The molecule has 0 spiro atoms. The zero-order valence-electron chi connectivity index (χ0n) is 13.0. The molecule has 3 rings (SSSR count). The number of amides is 1. The molecule has 1 aliphatic rings. The Labute approximate surface area is 130 Å². The number of aromatic nitrogens is 2. The maximum absolute atomic E-state index is 11.9. The summed E-state index contributed by atoms with van der Waals surface area (Å²) >= 11 is 0. The van der Waals surface area contributed by atoms with Crippen molar-refractivity contribution in [2.75, 3.05) is 6.61 Å². The lowest BCUT2D eigenvalue weighted by atomic mass is 10.2. The summed E-state index contributed by atoms with van der Waals surface area (Å²) < 4.78 is 7.43. The standard InChI is InChI=1S/C17H21N3O2/c1-12-13(2)20(11-19-12)15-7-5-14(6-8-15)10-18-17(21)16-4-3-9-22-16/h5-8,11,16H,3-4,9-10H2,1-2H3,(H,18,21)/t16-/m1/s1. The van der Waals surface area contributed by atoms with Gasteiger partial charge in [0.2, 0.25) is 5.91 Å². The van der Waals surface area contributed by atoms with Crippen molar-refractivity contribution in [1.82, 2.24) is 14.9 Å². The van der Waals surface area contributed by atoms with Gasteiger partial charge in [-0.25, -0.2) is 4.98 Å². The van der Waals surface area contributed by atoms with Crippen molar-refractivity contribution in [2.24, 2.45) is 0 Å². The molecular weight excluding hydrogens is 278 g/mol. The van der Waals surface area contributed by atoms with Crippen molar-refractivity contribution in [3.8, 4) is 5.69 Å². The van der Waals surface area contributed by atoms with Gasteiger partial charge in [0.05, 0.1) is 12.0 Å². The van der Waals surface area contributed by atoms with E-state index < -0.39 is 0 Å². The van der Waals surface area contributed by atoms with Gasteiger partial charge in [-0.3, -0.25) is 4.79 Å². The summed E-state index contributed by atoms with van der Waals surface area (Å²) in [5.74, 6) is -0.0114. The molecule has 1 fully saturated rings. The maximum atomic E-state index is 11.9. The van der Waals surface area contributed by atoms with Crippen LogP contribution in [-0.2, 0) is 16.1 Å². The number of hydrogen-bond acceptors (Lipinski definition) is 3. The second kappa shape index (κ2) is 6.32. The third-order valence-electron chi connectivity index (χ3n) is 4.16. The van der Waals surface area contributed by atoms with E-state index in [1.165, 1.54) is 0 Å². The lowest BCUT2D eigenvalue weighted by Gasteiger charge is -2.11. The number of hydrogen-bond donors (Lipinski definition) is 1. The van der Waals surface area contributed by atoms with Crippen molar-refractivity contribution >= 4 is 5.91 Å². The highest BCUT2D eigenvalue weighted by Crippen LogP contribution is 2.15. The predicted molar refractivity (Wildman–Crippen MR) is 83.9 cm³/mol. The van der Waals surface area contributed by atoms with E-state index in [1.54, 1.807) is 0 Å². The lowest BCUT2D eigenvalue weighted by molar-refractivity contribution is -0.130. The highest BCUT2D eigenvalue weighted by Gasteiger charge is 2.22. The van der Waals surface area contributed by atoms with Gasteiger partial charge >= 0.3 is 0 Å². The third-order valence-corrected chi connectivity index (χ3v) is 4.16. The molecule has 5 nitrogen and oxygen atoms in total. The molecule has 1 aromatic carbocycles. The van der Waals surface area contributed by atoms with Gasteiger partial charge < -0.3 is 14.6 Å². The summed E-state index contributed by atoms with van der Waals surface area (Å²) in [6.07, 6.45) is 3.36. The average molecular weight is 299 g/mol. The van der Waals surface area contributed by atoms with Crippen LogP contribution in [0.25, 0.3) is 5.69 Å². The third kappa shape index (κ3) is 3.04. The van der Waals surface area contributed by atoms with Gasteiger partial charge in [-0.15, -0.1) is 0 Å². The smallest absolute Gasteiger partial charge is 0.249 e. The Balaban J connectivity index is 1.62. The molecule has 1 atom stereocenters. The van der Waals surface area contributed by atoms with Crippen molar-refractivity contribution in [3.63, 3.8) is 0 Å². The first kappa shape index (κ1) is 14.8. The Kier molecular flexibility index (Phi) is 4.24. The van der Waals surface area contributed by atoms with E-state index in [2.05, 4.69) is 21.8 Å². The molecule has 1 amide bonds. The highest BCUT2D eigenvalue weighted by atomic mass is 16.5. The Bertz CT molecular complexity index is 655. The second-order valence-electron chi connectivity index (χ2n) is 5.67. The van der Waals surface area contributed by atoms with Crippen molar-refractivity contribution in [3.05, 3.63) is 47.5 Å². The molecular formula is C17H21N3O2. The van der Waals surface area contributed by atoms with E-state index >= 15 is 0 Å². The van der Waals surface area contributed by atoms with Gasteiger partial charge in [0.15, 0.2) is 0 Å². The Morgan fingerprint density at radius 2 is 2.14 bits per heavy atom. The number of carbonyl (C=O) groups is 1. The minimum absolute atomic E-state index is 0.0114. The van der Waals surface area contributed by atoms with Crippen LogP contribution in [0.4, 0.5) is 0 Å². The molecule has 2 aromatic rings. The van der Waals surface area contributed by atoms with Gasteiger partial charge in [0, 0.05) is 24.5 Å². The summed E-state index contributed by atoms with van der Waals surface area (Å²) in [4.78, 5) is 16.2. The number of nitrogens with zero attached hydrogens (tertiary/aromatic N) is 2. The summed E-state index contributed by atoms with van der Waals surface area (Å²) in [6.45, 7) is 5.27. The van der Waals surface area contributed by atoms with Gasteiger partial charge in [-0.05, 0) is 44.4 Å². The summed E-state index contributed by atoms with van der Waals surface area (Å²) in [5.41, 5.74) is 4.32. The molecule has 0 radical (unpaired) electrons. The fourth-order valence-corrected chi connectivity index (χ4v) is 2.62. The molecule has 2 heterocycles. The Morgan fingerprint density at radius 1 is 1.36 bits per heavy atom. The number of ether oxygens (including phenoxy) is 1. The Morgan fingerprint density at radius 3 is 2.73 bits per heavy atom. The minimum Gasteiger partial charge on any atom is -0.368 e. The summed E-state index contributed by atoms with van der Waals surface area (Å²) in [5, 5.41) is 2.93. The first-order chi connectivity index (χ1) is 10.6. The van der Waals surface area contributed by atoms with Crippen LogP contribution in [0.2, 0.25) is 0 Å². The van der Waals surface area contributed by atoms with Crippen LogP contribution in [0.5, 0.6) is 0 Å². The van der Waals surface area contributed by atoms with Crippen LogP contribution in [0, 0.1) is 13.8 Å². The molecule has 22 heavy (non-hydrogen) atoms. The van der Waals surface area contributed by atoms with Gasteiger partial charge in [-0.1, -0.05) is 12.1 Å². The fourth-order valence-electron chi connectivity index (χ4n) is 2.62. The molecule has 1 aromatic heterocycles. The SMILES string of the molecule is Cc1ncn(-c2ccc(CNC(=O)[C@H]3CCCO3)cc2)c1C. The van der Waals surface area contributed by atoms with Crippen molar-refractivity contribution in [2.45, 2.75) is 39.3 Å². The molecule has 5 heteroatoms. The van der Waals surface area contributed by atoms with Gasteiger partial charge in [0.25, 0.3) is 0 Å². The molecule has 116 valence electrons. The maximum Gasteiger partial charge on any atom is 0.249 e. The molecule has 0 unspecified atom stereocenters. The summed E-state index contributed by atoms with van der Waals surface area (Å²) in [6, 6.07) is 8.14. The number of carbonyl (C=O) groups excluding carboxylic acids is 1. The number of aryl methyl sites for hydroxylation is 1.